The molecule has 1 aliphatic carbocycles. The van der Waals surface area contributed by atoms with Crippen molar-refractivity contribution in [2.75, 3.05) is 12.9 Å². The van der Waals surface area contributed by atoms with E-state index in [2.05, 4.69) is 20.9 Å². The van der Waals surface area contributed by atoms with E-state index in [1.54, 1.807) is 12.1 Å². The summed E-state index contributed by atoms with van der Waals surface area (Å²) in [6, 6.07) is 16.4. The Morgan fingerprint density at radius 2 is 1.80 bits per heavy atom. The van der Waals surface area contributed by atoms with E-state index in [-0.39, 0.29) is 23.5 Å². The lowest BCUT2D eigenvalue weighted by atomic mass is 9.70. The van der Waals surface area contributed by atoms with E-state index in [1.165, 1.54) is 19.5 Å². The molecule has 1 aromatic heterocycles. The largest absolute Gasteiger partial charge is 0.495 e. The average Bonchev–Trinajstić information content (AvgIpc) is 3.21. The van der Waals surface area contributed by atoms with Crippen molar-refractivity contribution in [2.45, 2.75) is 29.6 Å². The lowest BCUT2D eigenvalue weighted by Gasteiger charge is -2.41. The van der Waals surface area contributed by atoms with Gasteiger partial charge in [0.15, 0.2) is 11.2 Å². The molecule has 35 heavy (non-hydrogen) atoms. The van der Waals surface area contributed by atoms with Gasteiger partial charge in [-0.3, -0.25) is 9.54 Å². The lowest BCUT2D eigenvalue weighted by molar-refractivity contribution is -0.152. The molecule has 0 unspecified atom stereocenters. The Labute approximate surface area is 211 Å². The molecule has 0 bridgehead atoms. The minimum atomic E-state index is -4.32. The van der Waals surface area contributed by atoms with Gasteiger partial charge in [0.2, 0.25) is 0 Å². The van der Waals surface area contributed by atoms with Crippen molar-refractivity contribution in [1.29, 1.82) is 0 Å². The fraction of sp³-hybridized carbons (Fsp3) is 0.320. The van der Waals surface area contributed by atoms with Gasteiger partial charge in [0.1, 0.15) is 11.5 Å². The zero-order valence-electron chi connectivity index (χ0n) is 18.7. The van der Waals surface area contributed by atoms with Crippen LogP contribution >= 0.6 is 15.9 Å². The van der Waals surface area contributed by atoms with E-state index in [0.717, 1.165) is 10.0 Å². The summed E-state index contributed by atoms with van der Waals surface area (Å²) in [5.41, 5.74) is -1.99. The summed E-state index contributed by atoms with van der Waals surface area (Å²) in [6.07, 6.45) is 1.34. The third-order valence-electron chi connectivity index (χ3n) is 7.16. The van der Waals surface area contributed by atoms with Crippen molar-refractivity contribution < 1.29 is 32.7 Å². The molecule has 0 spiro atoms. The summed E-state index contributed by atoms with van der Waals surface area (Å²) in [7, 11) is -2.89. The third-order valence-corrected chi connectivity index (χ3v) is 8.44. The molecule has 10 heteroatoms. The smallest absolute Gasteiger partial charge is 0.264 e. The molecule has 184 valence electrons. The molecule has 0 radical (unpaired) electrons. The highest BCUT2D eigenvalue weighted by Crippen LogP contribution is 2.70. The molecule has 3 aromatic rings. The van der Waals surface area contributed by atoms with Crippen molar-refractivity contribution >= 4 is 26.0 Å². The summed E-state index contributed by atoms with van der Waals surface area (Å²) in [5, 5.41) is 24.4. The van der Waals surface area contributed by atoms with Crippen LogP contribution < -0.4 is 9.47 Å². The van der Waals surface area contributed by atoms with E-state index >= 15 is 0 Å². The lowest BCUT2D eigenvalue weighted by Crippen LogP contribution is -2.52. The molecule has 5 rings (SSSR count). The Morgan fingerprint density at radius 3 is 2.43 bits per heavy atom. The number of nitrogens with zero attached hydrogens (tertiary/aromatic N) is 1. The van der Waals surface area contributed by atoms with Gasteiger partial charge < -0.3 is 19.7 Å². The van der Waals surface area contributed by atoms with Crippen LogP contribution in [0, 0.1) is 5.92 Å². The number of ether oxygens (including phenoxy) is 2. The summed E-state index contributed by atoms with van der Waals surface area (Å²) in [5.74, 6) is -1.55. The molecular weight excluding hydrogens is 538 g/mol. The van der Waals surface area contributed by atoms with Crippen LogP contribution in [0.3, 0.4) is 0 Å². The van der Waals surface area contributed by atoms with Gasteiger partial charge in [0.25, 0.3) is 10.1 Å². The second-order valence-electron chi connectivity index (χ2n) is 8.90. The fourth-order valence-corrected chi connectivity index (χ4v) is 6.67. The maximum atomic E-state index is 12.6. The predicted octanol–water partition coefficient (Wildman–Crippen LogP) is 3.38. The number of methoxy groups -OCH3 is 1. The maximum absolute atomic E-state index is 12.6. The molecule has 2 aromatic carbocycles. The van der Waals surface area contributed by atoms with E-state index in [1.807, 2.05) is 42.5 Å². The maximum Gasteiger partial charge on any atom is 0.264 e. The standard InChI is InChI=1S/C25H24BrNO7S/c1-33-19-13-27-14-20-22(19)24(29)23(28)18(11-12-35(30,31)32)21(15-5-3-2-4-6-15)25(24,34-20)16-7-9-17(26)10-8-16/h2-10,13-14,18,21,23,28-29H,11-12H2,1H3,(H,30,31,32)/t18-,21+,23+,24-,25-/m0/s1. The Balaban J connectivity index is 1.83. The number of benzene rings is 2. The van der Waals surface area contributed by atoms with Crippen molar-refractivity contribution in [3.05, 3.63) is 88.2 Å². The van der Waals surface area contributed by atoms with Crippen molar-refractivity contribution in [2.24, 2.45) is 5.92 Å². The van der Waals surface area contributed by atoms with Crippen LogP contribution in [0.5, 0.6) is 11.5 Å². The molecule has 1 saturated carbocycles. The van der Waals surface area contributed by atoms with E-state index < -0.39 is 45.0 Å². The molecule has 2 aliphatic rings. The van der Waals surface area contributed by atoms with Gasteiger partial charge in [-0.2, -0.15) is 8.42 Å². The normalized spacial score (nSPS) is 29.3. The van der Waals surface area contributed by atoms with E-state index in [0.29, 0.717) is 5.56 Å². The molecule has 5 atom stereocenters. The third kappa shape index (κ3) is 3.58. The van der Waals surface area contributed by atoms with Crippen LogP contribution in [-0.4, -0.2) is 47.1 Å². The van der Waals surface area contributed by atoms with Crippen LogP contribution in [0.25, 0.3) is 0 Å². The predicted molar refractivity (Wildman–Crippen MR) is 131 cm³/mol. The molecule has 3 N–H and O–H groups in total. The summed E-state index contributed by atoms with van der Waals surface area (Å²) >= 11 is 3.44. The van der Waals surface area contributed by atoms with Crippen molar-refractivity contribution in [1.82, 2.24) is 4.98 Å². The zero-order chi connectivity index (χ0) is 25.0. The van der Waals surface area contributed by atoms with Crippen molar-refractivity contribution in [3.8, 4) is 11.5 Å². The van der Waals surface area contributed by atoms with Gasteiger partial charge in [-0.05, 0) is 29.7 Å². The average molecular weight is 562 g/mol. The number of hydrogen-bond acceptors (Lipinski definition) is 7. The minimum Gasteiger partial charge on any atom is -0.495 e. The summed E-state index contributed by atoms with van der Waals surface area (Å²) in [4.78, 5) is 4.17. The molecule has 2 heterocycles. The Morgan fingerprint density at radius 1 is 1.11 bits per heavy atom. The molecule has 1 aliphatic heterocycles. The first-order chi connectivity index (χ1) is 16.6. The summed E-state index contributed by atoms with van der Waals surface area (Å²) < 4.78 is 45.8. The van der Waals surface area contributed by atoms with E-state index in [9.17, 15) is 23.2 Å². The van der Waals surface area contributed by atoms with Crippen LogP contribution in [0.15, 0.2) is 71.5 Å². The highest BCUT2D eigenvalue weighted by atomic mass is 79.9. The number of rotatable bonds is 6. The second kappa shape index (κ2) is 8.56. The van der Waals surface area contributed by atoms with Crippen LogP contribution in [0.2, 0.25) is 0 Å². The van der Waals surface area contributed by atoms with Gasteiger partial charge in [-0.1, -0.05) is 58.4 Å². The van der Waals surface area contributed by atoms with Gasteiger partial charge in [0, 0.05) is 16.3 Å². The molecule has 8 nitrogen and oxygen atoms in total. The van der Waals surface area contributed by atoms with Crippen molar-refractivity contribution in [3.63, 3.8) is 0 Å². The molecule has 0 amide bonds. The number of aliphatic hydroxyl groups excluding tert-OH is 1. The Bertz CT molecular complexity index is 1350. The topological polar surface area (TPSA) is 126 Å². The SMILES string of the molecule is COc1cncc2c1[C@]1(O)[C@H](O)[C@@H](CCS(=O)(=O)O)[C@@H](c3ccccc3)[C@]1(c1ccc(Br)cc1)O2. The number of aromatic nitrogens is 1. The Kier molecular flexibility index (Phi) is 5.92. The molecule has 1 fully saturated rings. The van der Waals surface area contributed by atoms with E-state index in [4.69, 9.17) is 9.47 Å². The van der Waals surface area contributed by atoms with Crippen LogP contribution in [0.1, 0.15) is 29.0 Å². The summed E-state index contributed by atoms with van der Waals surface area (Å²) in [6.45, 7) is 0. The first-order valence-corrected chi connectivity index (χ1v) is 13.4. The molecule has 0 saturated heterocycles. The fourth-order valence-electron chi connectivity index (χ4n) is 5.84. The monoisotopic (exact) mass is 561 g/mol. The Hall–Kier alpha value is -2.50. The quantitative estimate of drug-likeness (QED) is 0.391. The van der Waals surface area contributed by atoms with Gasteiger partial charge >= 0.3 is 0 Å². The number of halogens is 1. The number of hydrogen-bond donors (Lipinski definition) is 3. The van der Waals surface area contributed by atoms with Crippen LogP contribution in [0.4, 0.5) is 0 Å². The highest BCUT2D eigenvalue weighted by molar-refractivity contribution is 9.10. The minimum absolute atomic E-state index is 0.105. The van der Waals surface area contributed by atoms with Gasteiger partial charge in [0.05, 0.1) is 36.9 Å². The zero-order valence-corrected chi connectivity index (χ0v) is 21.1. The number of pyridine rings is 1. The number of aliphatic hydroxyl groups is 2. The van der Waals surface area contributed by atoms with Crippen LogP contribution in [-0.2, 0) is 21.3 Å². The molecular formula is C25H24BrNO7S. The second-order valence-corrected chi connectivity index (χ2v) is 11.4. The van der Waals surface area contributed by atoms with Gasteiger partial charge in [-0.15, -0.1) is 0 Å². The first-order valence-electron chi connectivity index (χ1n) is 11.0. The van der Waals surface area contributed by atoms with Gasteiger partial charge in [-0.25, -0.2) is 0 Å². The first kappa shape index (κ1) is 24.2. The highest BCUT2D eigenvalue weighted by Gasteiger charge is 2.76. The number of fused-ring (bicyclic) bond motifs is 3.